The summed E-state index contributed by atoms with van der Waals surface area (Å²) in [4.78, 5) is 4.37. The maximum absolute atomic E-state index is 5.82. The normalized spacial score (nSPS) is 11.0. The van der Waals surface area contributed by atoms with Crippen LogP contribution in [0.15, 0.2) is 60.1 Å². The summed E-state index contributed by atoms with van der Waals surface area (Å²) in [6.45, 7) is 0. The molecule has 4 heteroatoms. The highest BCUT2D eigenvalue weighted by Crippen LogP contribution is 2.29. The van der Waals surface area contributed by atoms with Crippen LogP contribution in [0.25, 0.3) is 21.0 Å². The van der Waals surface area contributed by atoms with Crippen LogP contribution in [0.1, 0.15) is 0 Å². The first-order chi connectivity index (χ1) is 10.3. The third-order valence-corrected chi connectivity index (χ3v) is 4.40. The number of nitrogens with one attached hydrogen (secondary N) is 1. The maximum Gasteiger partial charge on any atom is 0.0743 e. The van der Waals surface area contributed by atoms with Gasteiger partial charge in [0, 0.05) is 33.3 Å². The minimum Gasteiger partial charge on any atom is -0.399 e. The number of nitrogens with two attached hydrogens (primary N) is 1. The molecule has 0 atom stereocenters. The van der Waals surface area contributed by atoms with E-state index in [1.165, 1.54) is 10.1 Å². The van der Waals surface area contributed by atoms with Crippen LogP contribution in [-0.4, -0.2) is 4.98 Å². The lowest BCUT2D eigenvalue weighted by Gasteiger charge is -2.10. The maximum atomic E-state index is 5.82. The molecule has 0 spiro atoms. The Labute approximate surface area is 126 Å². The van der Waals surface area contributed by atoms with Crippen LogP contribution in [0.5, 0.6) is 0 Å². The number of fused-ring (bicyclic) bond motifs is 2. The lowest BCUT2D eigenvalue weighted by atomic mass is 10.1. The Kier molecular flexibility index (Phi) is 2.75. The first-order valence-corrected chi connectivity index (χ1v) is 7.56. The summed E-state index contributed by atoms with van der Waals surface area (Å²) < 4.78 is 1.30. The molecule has 0 radical (unpaired) electrons. The van der Waals surface area contributed by atoms with Gasteiger partial charge in [0.1, 0.15) is 0 Å². The van der Waals surface area contributed by atoms with Crippen molar-refractivity contribution in [1.29, 1.82) is 0 Å². The molecule has 2 heterocycles. The smallest absolute Gasteiger partial charge is 0.0743 e. The molecule has 0 amide bonds. The van der Waals surface area contributed by atoms with E-state index in [0.29, 0.717) is 0 Å². The van der Waals surface area contributed by atoms with E-state index in [2.05, 4.69) is 39.9 Å². The molecule has 4 aromatic rings. The Morgan fingerprint density at radius 1 is 1.00 bits per heavy atom. The van der Waals surface area contributed by atoms with Gasteiger partial charge in [-0.1, -0.05) is 0 Å². The van der Waals surface area contributed by atoms with Gasteiger partial charge in [0.2, 0.25) is 0 Å². The van der Waals surface area contributed by atoms with E-state index in [1.807, 2.05) is 24.3 Å². The van der Waals surface area contributed by atoms with E-state index in [-0.39, 0.29) is 0 Å². The molecular formula is C17H13N3S. The second-order valence-electron chi connectivity index (χ2n) is 4.93. The van der Waals surface area contributed by atoms with Gasteiger partial charge in [-0.05, 0) is 59.3 Å². The van der Waals surface area contributed by atoms with Crippen molar-refractivity contribution in [1.82, 2.24) is 4.98 Å². The van der Waals surface area contributed by atoms with Gasteiger partial charge in [-0.2, -0.15) is 0 Å². The van der Waals surface area contributed by atoms with Gasteiger partial charge in [-0.3, -0.25) is 4.98 Å². The zero-order valence-corrected chi connectivity index (χ0v) is 12.0. The van der Waals surface area contributed by atoms with Crippen LogP contribution in [0.2, 0.25) is 0 Å². The van der Waals surface area contributed by atoms with Crippen LogP contribution in [-0.2, 0) is 0 Å². The highest BCUT2D eigenvalue weighted by atomic mass is 32.1. The molecule has 0 bridgehead atoms. The molecule has 2 aromatic heterocycles. The Morgan fingerprint density at radius 3 is 2.90 bits per heavy atom. The molecule has 0 aliphatic carbocycles. The molecule has 21 heavy (non-hydrogen) atoms. The fraction of sp³-hybridized carbons (Fsp3) is 0. The Bertz CT molecular complexity index is 943. The molecule has 2 aromatic carbocycles. The van der Waals surface area contributed by atoms with E-state index in [9.17, 15) is 0 Å². The predicted octanol–water partition coefficient (Wildman–Crippen LogP) is 4.78. The third kappa shape index (κ3) is 2.19. The van der Waals surface area contributed by atoms with Gasteiger partial charge in [-0.25, -0.2) is 0 Å². The topological polar surface area (TPSA) is 50.9 Å². The number of rotatable bonds is 2. The SMILES string of the molecule is Nc1ccc2c(Nc3ccc4sccc4c3)ccnc2c1. The number of nitrogens with zero attached hydrogens (tertiary/aromatic N) is 1. The largest absolute Gasteiger partial charge is 0.399 e. The van der Waals surface area contributed by atoms with Crippen molar-refractivity contribution >= 4 is 49.4 Å². The number of hydrogen-bond acceptors (Lipinski definition) is 4. The summed E-state index contributed by atoms with van der Waals surface area (Å²) in [6, 6.07) is 16.3. The molecule has 0 unspecified atom stereocenters. The average molecular weight is 291 g/mol. The molecule has 0 saturated heterocycles. The number of nitrogen functional groups attached to an aromatic ring is 1. The van der Waals surface area contributed by atoms with Crippen molar-refractivity contribution in [3.63, 3.8) is 0 Å². The van der Waals surface area contributed by atoms with Crippen LogP contribution >= 0.6 is 11.3 Å². The Morgan fingerprint density at radius 2 is 1.95 bits per heavy atom. The lowest BCUT2D eigenvalue weighted by Crippen LogP contribution is -1.93. The van der Waals surface area contributed by atoms with E-state index in [4.69, 9.17) is 5.73 Å². The standard InChI is InChI=1S/C17H13N3S/c18-12-1-3-14-15(5-7-19-16(14)10-12)20-13-2-4-17-11(9-13)6-8-21-17/h1-10H,18H2,(H,19,20). The number of thiophene rings is 1. The first-order valence-electron chi connectivity index (χ1n) is 6.68. The van der Waals surface area contributed by atoms with E-state index < -0.39 is 0 Å². The van der Waals surface area contributed by atoms with Crippen LogP contribution in [0.3, 0.4) is 0 Å². The Hall–Kier alpha value is -2.59. The van der Waals surface area contributed by atoms with Crippen LogP contribution < -0.4 is 11.1 Å². The van der Waals surface area contributed by atoms with E-state index in [0.717, 1.165) is 28.0 Å². The number of benzene rings is 2. The lowest BCUT2D eigenvalue weighted by molar-refractivity contribution is 1.41. The zero-order valence-electron chi connectivity index (χ0n) is 11.2. The van der Waals surface area contributed by atoms with Gasteiger partial charge < -0.3 is 11.1 Å². The Balaban J connectivity index is 1.79. The minimum atomic E-state index is 0.729. The van der Waals surface area contributed by atoms with E-state index in [1.54, 1.807) is 17.5 Å². The molecule has 0 aliphatic heterocycles. The number of anilines is 3. The number of aromatic nitrogens is 1. The summed E-state index contributed by atoms with van der Waals surface area (Å²) in [6.07, 6.45) is 1.80. The summed E-state index contributed by atoms with van der Waals surface area (Å²) in [5.74, 6) is 0. The average Bonchev–Trinajstić information content (AvgIpc) is 2.95. The summed E-state index contributed by atoms with van der Waals surface area (Å²) in [5, 5.41) is 7.91. The summed E-state index contributed by atoms with van der Waals surface area (Å²) in [5.41, 5.74) is 9.56. The molecule has 4 rings (SSSR count). The molecule has 0 aliphatic rings. The predicted molar refractivity (Wildman–Crippen MR) is 91.3 cm³/mol. The summed E-state index contributed by atoms with van der Waals surface area (Å²) in [7, 11) is 0. The van der Waals surface area contributed by atoms with Crippen molar-refractivity contribution < 1.29 is 0 Å². The zero-order chi connectivity index (χ0) is 14.2. The van der Waals surface area contributed by atoms with Crippen molar-refractivity contribution in [3.8, 4) is 0 Å². The van der Waals surface area contributed by atoms with Crippen LogP contribution in [0, 0.1) is 0 Å². The quantitative estimate of drug-likeness (QED) is 0.523. The van der Waals surface area contributed by atoms with E-state index >= 15 is 0 Å². The molecule has 3 N–H and O–H groups in total. The van der Waals surface area contributed by atoms with Crippen molar-refractivity contribution in [2.75, 3.05) is 11.1 Å². The van der Waals surface area contributed by atoms with Gasteiger partial charge in [0.05, 0.1) is 5.52 Å². The van der Waals surface area contributed by atoms with Crippen molar-refractivity contribution in [2.45, 2.75) is 0 Å². The highest BCUT2D eigenvalue weighted by Gasteiger charge is 2.04. The molecule has 102 valence electrons. The number of hydrogen-bond donors (Lipinski definition) is 2. The molecule has 3 nitrogen and oxygen atoms in total. The van der Waals surface area contributed by atoms with Crippen molar-refractivity contribution in [2.24, 2.45) is 0 Å². The van der Waals surface area contributed by atoms with Gasteiger partial charge in [0.15, 0.2) is 0 Å². The molecular weight excluding hydrogens is 278 g/mol. The fourth-order valence-corrected chi connectivity index (χ4v) is 3.24. The first kappa shape index (κ1) is 12.2. The monoisotopic (exact) mass is 291 g/mol. The summed E-state index contributed by atoms with van der Waals surface area (Å²) >= 11 is 1.75. The minimum absolute atomic E-state index is 0.729. The van der Waals surface area contributed by atoms with Crippen molar-refractivity contribution in [3.05, 3.63) is 60.1 Å². The second-order valence-corrected chi connectivity index (χ2v) is 5.88. The second kappa shape index (κ2) is 4.75. The molecule has 0 fully saturated rings. The third-order valence-electron chi connectivity index (χ3n) is 3.50. The van der Waals surface area contributed by atoms with Gasteiger partial charge >= 0.3 is 0 Å². The fourth-order valence-electron chi connectivity index (χ4n) is 2.47. The highest BCUT2D eigenvalue weighted by molar-refractivity contribution is 7.17. The molecule has 0 saturated carbocycles. The van der Waals surface area contributed by atoms with Gasteiger partial charge in [0.25, 0.3) is 0 Å². The number of pyridine rings is 1. The van der Waals surface area contributed by atoms with Gasteiger partial charge in [-0.15, -0.1) is 11.3 Å². The van der Waals surface area contributed by atoms with Crippen LogP contribution in [0.4, 0.5) is 17.1 Å².